The molecule has 0 aliphatic carbocycles. The van der Waals surface area contributed by atoms with Crippen molar-refractivity contribution in [3.63, 3.8) is 0 Å². The van der Waals surface area contributed by atoms with Gasteiger partial charge in [-0.2, -0.15) is 0 Å². The quantitative estimate of drug-likeness (QED) is 0.942. The van der Waals surface area contributed by atoms with Gasteiger partial charge in [0, 0.05) is 12.0 Å². The number of nitrogens with zero attached hydrogens (tertiary/aromatic N) is 2. The fraction of sp³-hybridized carbons (Fsp3) is 0.250. The first-order chi connectivity index (χ1) is 10.6. The summed E-state index contributed by atoms with van der Waals surface area (Å²) in [6, 6.07) is 12.8. The highest BCUT2D eigenvalue weighted by atomic mass is 16.7. The Hall–Kier alpha value is -2.76. The van der Waals surface area contributed by atoms with Gasteiger partial charge < -0.3 is 9.25 Å². The summed E-state index contributed by atoms with van der Waals surface area (Å²) >= 11 is 0. The average Bonchev–Trinajstić information content (AvgIpc) is 3.18. The molecule has 2 heterocycles. The molecule has 1 atom stereocenters. The molecule has 22 heavy (non-hydrogen) atoms. The van der Waals surface area contributed by atoms with Crippen LogP contribution in [0.5, 0.6) is 0 Å². The lowest BCUT2D eigenvalue weighted by Crippen LogP contribution is -2.55. The molecular formula is C16H17N3O3. The van der Waals surface area contributed by atoms with Gasteiger partial charge in [0.25, 0.3) is 0 Å². The summed E-state index contributed by atoms with van der Waals surface area (Å²) in [4.78, 5) is 17.8. The maximum atomic E-state index is 12.3. The van der Waals surface area contributed by atoms with Gasteiger partial charge in [0.1, 0.15) is 0 Å². The van der Waals surface area contributed by atoms with Gasteiger partial charge in [-0.05, 0) is 19.1 Å². The number of benzene rings is 1. The van der Waals surface area contributed by atoms with Crippen LogP contribution in [0.3, 0.4) is 0 Å². The second-order valence-corrected chi connectivity index (χ2v) is 5.15. The molecule has 2 aromatic rings. The van der Waals surface area contributed by atoms with Crippen molar-refractivity contribution in [1.82, 2.24) is 10.4 Å². The second-order valence-electron chi connectivity index (χ2n) is 5.15. The molecule has 114 valence electrons. The van der Waals surface area contributed by atoms with Gasteiger partial charge >= 0.3 is 5.91 Å². The Kier molecular flexibility index (Phi) is 3.58. The van der Waals surface area contributed by atoms with Crippen LogP contribution in [-0.2, 0) is 4.84 Å². The zero-order valence-corrected chi connectivity index (χ0v) is 12.4. The molecule has 1 aromatic carbocycles. The Labute approximate surface area is 128 Å². The lowest BCUT2D eigenvalue weighted by Gasteiger charge is -2.33. The van der Waals surface area contributed by atoms with E-state index in [2.05, 4.69) is 10.6 Å². The van der Waals surface area contributed by atoms with Crippen LogP contribution in [0.1, 0.15) is 36.4 Å². The summed E-state index contributed by atoms with van der Waals surface area (Å²) in [6.45, 7) is 3.84. The van der Waals surface area contributed by atoms with Crippen molar-refractivity contribution in [1.29, 1.82) is 0 Å². The topological polar surface area (TPSA) is 67.1 Å². The third-order valence-corrected chi connectivity index (χ3v) is 3.66. The summed E-state index contributed by atoms with van der Waals surface area (Å²) in [5.74, 6) is 0.446. The van der Waals surface area contributed by atoms with Crippen molar-refractivity contribution < 1.29 is 14.0 Å². The minimum Gasteiger partial charge on any atom is -0.459 e. The molecule has 1 aromatic heterocycles. The molecule has 1 amide bonds. The number of furan rings is 1. The summed E-state index contributed by atoms with van der Waals surface area (Å²) in [5, 5.41) is 5.79. The largest absolute Gasteiger partial charge is 0.459 e. The summed E-state index contributed by atoms with van der Waals surface area (Å²) in [5.41, 5.74) is 2.93. The van der Waals surface area contributed by atoms with Gasteiger partial charge in [0.05, 0.1) is 6.26 Å². The molecule has 1 aliphatic heterocycles. The number of carbonyl (C=O) groups is 1. The number of oxime groups is 1. The third kappa shape index (κ3) is 2.43. The molecule has 0 saturated heterocycles. The number of hydrazine groups is 1. The summed E-state index contributed by atoms with van der Waals surface area (Å²) < 4.78 is 5.13. The Balaban J connectivity index is 1.89. The van der Waals surface area contributed by atoms with Crippen molar-refractivity contribution in [2.45, 2.75) is 26.0 Å². The minimum absolute atomic E-state index is 0.234. The Morgan fingerprint density at radius 3 is 2.68 bits per heavy atom. The highest BCUT2D eigenvalue weighted by Gasteiger charge is 2.42. The van der Waals surface area contributed by atoms with Crippen molar-refractivity contribution >= 4 is 11.7 Å². The number of nitrogens with one attached hydrogen (secondary N) is 1. The molecule has 1 unspecified atom stereocenters. The van der Waals surface area contributed by atoms with E-state index in [9.17, 15) is 4.79 Å². The van der Waals surface area contributed by atoms with Gasteiger partial charge in [-0.3, -0.25) is 10.2 Å². The molecule has 0 spiro atoms. The number of amidine groups is 1. The van der Waals surface area contributed by atoms with E-state index in [1.54, 1.807) is 17.1 Å². The van der Waals surface area contributed by atoms with Gasteiger partial charge in [0.15, 0.2) is 11.6 Å². The van der Waals surface area contributed by atoms with Crippen LogP contribution in [0.4, 0.5) is 0 Å². The van der Waals surface area contributed by atoms with Gasteiger partial charge in [0.2, 0.25) is 5.72 Å². The van der Waals surface area contributed by atoms with Gasteiger partial charge in [-0.15, -0.1) is 0 Å². The van der Waals surface area contributed by atoms with Crippen molar-refractivity contribution in [3.8, 4) is 0 Å². The minimum atomic E-state index is -0.743. The van der Waals surface area contributed by atoms with Crippen LogP contribution in [0, 0.1) is 0 Å². The summed E-state index contributed by atoms with van der Waals surface area (Å²) in [6.07, 6.45) is 2.10. The Morgan fingerprint density at radius 1 is 1.27 bits per heavy atom. The maximum absolute atomic E-state index is 12.3. The third-order valence-electron chi connectivity index (χ3n) is 3.66. The van der Waals surface area contributed by atoms with Crippen LogP contribution >= 0.6 is 0 Å². The average molecular weight is 299 g/mol. The predicted octanol–water partition coefficient (Wildman–Crippen LogP) is 2.74. The van der Waals surface area contributed by atoms with Crippen molar-refractivity contribution in [2.24, 2.45) is 5.16 Å². The standard InChI is InChI=1S/C16H17N3O3/c1-3-16(2)19(17-15(20)13-10-7-11-21-13)14(18-22-16)12-8-5-4-6-9-12/h4-11H,3H2,1-2H3,(H,17,20). The smallest absolute Gasteiger partial charge is 0.305 e. The molecular weight excluding hydrogens is 282 g/mol. The van der Waals surface area contributed by atoms with Gasteiger partial charge in [-0.1, -0.05) is 42.4 Å². The van der Waals surface area contributed by atoms with E-state index in [4.69, 9.17) is 9.25 Å². The van der Waals surface area contributed by atoms with E-state index >= 15 is 0 Å². The normalized spacial score (nSPS) is 20.5. The first-order valence-electron chi connectivity index (χ1n) is 7.10. The molecule has 0 radical (unpaired) electrons. The predicted molar refractivity (Wildman–Crippen MR) is 80.8 cm³/mol. The highest BCUT2D eigenvalue weighted by molar-refractivity contribution is 6.01. The molecule has 0 fully saturated rings. The summed E-state index contributed by atoms with van der Waals surface area (Å²) in [7, 11) is 0. The van der Waals surface area contributed by atoms with Crippen LogP contribution in [0.2, 0.25) is 0 Å². The fourth-order valence-electron chi connectivity index (χ4n) is 2.17. The molecule has 1 aliphatic rings. The van der Waals surface area contributed by atoms with Gasteiger partial charge in [-0.25, -0.2) is 5.01 Å². The number of rotatable bonds is 4. The van der Waals surface area contributed by atoms with Crippen molar-refractivity contribution in [3.05, 3.63) is 60.1 Å². The molecule has 0 bridgehead atoms. The SMILES string of the molecule is CCC1(C)ON=C(c2ccccc2)N1NC(=O)c1ccco1. The van der Waals surface area contributed by atoms with Crippen LogP contribution < -0.4 is 5.43 Å². The molecule has 0 saturated carbocycles. The number of carbonyl (C=O) groups excluding carboxylic acids is 1. The van der Waals surface area contributed by atoms with E-state index in [1.165, 1.54) is 6.26 Å². The number of amides is 1. The lowest BCUT2D eigenvalue weighted by atomic mass is 10.1. The Morgan fingerprint density at radius 2 is 2.05 bits per heavy atom. The second kappa shape index (κ2) is 5.55. The van der Waals surface area contributed by atoms with Crippen LogP contribution in [0.15, 0.2) is 58.3 Å². The van der Waals surface area contributed by atoms with E-state index in [1.807, 2.05) is 44.2 Å². The zero-order chi connectivity index (χ0) is 15.6. The van der Waals surface area contributed by atoms with Crippen LogP contribution in [0.25, 0.3) is 0 Å². The zero-order valence-electron chi connectivity index (χ0n) is 12.4. The molecule has 6 heteroatoms. The van der Waals surface area contributed by atoms with E-state index in [0.717, 1.165) is 5.56 Å². The molecule has 1 N–H and O–H groups in total. The molecule has 6 nitrogen and oxygen atoms in total. The van der Waals surface area contributed by atoms with E-state index in [-0.39, 0.29) is 11.7 Å². The molecule has 3 rings (SSSR count). The number of hydrogen-bond donors (Lipinski definition) is 1. The van der Waals surface area contributed by atoms with E-state index < -0.39 is 5.72 Å². The maximum Gasteiger partial charge on any atom is 0.305 e. The van der Waals surface area contributed by atoms with Crippen molar-refractivity contribution in [2.75, 3.05) is 0 Å². The number of hydrogen-bond acceptors (Lipinski definition) is 5. The fourth-order valence-corrected chi connectivity index (χ4v) is 2.17. The first kappa shape index (κ1) is 14.2. The monoisotopic (exact) mass is 299 g/mol. The van der Waals surface area contributed by atoms with E-state index in [0.29, 0.717) is 12.3 Å². The lowest BCUT2D eigenvalue weighted by molar-refractivity contribution is -0.0995. The highest BCUT2D eigenvalue weighted by Crippen LogP contribution is 2.28. The Bertz CT molecular complexity index is 682. The first-order valence-corrected chi connectivity index (χ1v) is 7.10. The van der Waals surface area contributed by atoms with Crippen LogP contribution in [-0.4, -0.2) is 22.5 Å².